The van der Waals surface area contributed by atoms with Crippen molar-refractivity contribution in [2.75, 3.05) is 26.9 Å². The van der Waals surface area contributed by atoms with Gasteiger partial charge in [0, 0.05) is 58.6 Å². The summed E-state index contributed by atoms with van der Waals surface area (Å²) in [5.74, 6) is 0.298. The molecular formula is C28H38N4O3Si. The van der Waals surface area contributed by atoms with E-state index in [1.165, 1.54) is 11.6 Å². The van der Waals surface area contributed by atoms with Crippen molar-refractivity contribution in [3.05, 3.63) is 60.6 Å². The number of carbonyl (C=O) groups excluding carboxylic acids is 1. The monoisotopic (exact) mass is 506 g/mol. The van der Waals surface area contributed by atoms with Crippen molar-refractivity contribution >= 4 is 25.0 Å². The van der Waals surface area contributed by atoms with Crippen molar-refractivity contribution in [3.63, 3.8) is 0 Å². The maximum atomic E-state index is 12.0. The summed E-state index contributed by atoms with van der Waals surface area (Å²) in [4.78, 5) is 23.1. The number of likely N-dealkylation sites (N-methyl/N-ethyl adjacent to an activating group) is 1. The zero-order valence-electron chi connectivity index (χ0n) is 22.0. The summed E-state index contributed by atoms with van der Waals surface area (Å²) >= 11 is 0. The van der Waals surface area contributed by atoms with Gasteiger partial charge in [-0.2, -0.15) is 0 Å². The standard InChI is InChI=1S/C28H38N4O3Si/c1-6-25(33)31(2)17-21-8-7-9-23(16-21)27-26-24(22-10-12-34-13-11-22)18-32(28(26)30-19-29-27)20-35-14-15-36(3,4)5/h6-9,16,18-19,22H,1,10-15,17,20H2,2-5H3. The van der Waals surface area contributed by atoms with Crippen molar-refractivity contribution in [1.82, 2.24) is 19.4 Å². The highest BCUT2D eigenvalue weighted by Crippen LogP contribution is 2.38. The van der Waals surface area contributed by atoms with Gasteiger partial charge in [0.05, 0.1) is 5.69 Å². The normalized spacial score (nSPS) is 14.8. The molecule has 1 fully saturated rings. The highest BCUT2D eigenvalue weighted by molar-refractivity contribution is 6.76. The summed E-state index contributed by atoms with van der Waals surface area (Å²) in [7, 11) is 0.628. The minimum atomic E-state index is -1.15. The molecule has 2 aromatic heterocycles. The average Bonchev–Trinajstić information content (AvgIpc) is 3.25. The molecule has 4 rings (SSSR count). The molecule has 0 unspecified atom stereocenters. The van der Waals surface area contributed by atoms with E-state index in [1.807, 2.05) is 12.1 Å². The molecule has 1 saturated heterocycles. The minimum Gasteiger partial charge on any atom is -0.381 e. The van der Waals surface area contributed by atoms with Gasteiger partial charge in [-0.25, -0.2) is 9.97 Å². The van der Waals surface area contributed by atoms with Gasteiger partial charge >= 0.3 is 0 Å². The number of amides is 1. The summed E-state index contributed by atoms with van der Waals surface area (Å²) in [6.45, 7) is 14.0. The fourth-order valence-corrected chi connectivity index (χ4v) is 5.41. The van der Waals surface area contributed by atoms with Crippen molar-refractivity contribution in [2.45, 2.75) is 57.7 Å². The molecule has 0 atom stereocenters. The lowest BCUT2D eigenvalue weighted by Gasteiger charge is -2.22. The molecular weight excluding hydrogens is 468 g/mol. The van der Waals surface area contributed by atoms with Crippen LogP contribution < -0.4 is 0 Å². The van der Waals surface area contributed by atoms with Gasteiger partial charge in [0.25, 0.3) is 0 Å². The molecule has 0 aliphatic carbocycles. The lowest BCUT2D eigenvalue weighted by Crippen LogP contribution is -2.23. The minimum absolute atomic E-state index is 0.0992. The lowest BCUT2D eigenvalue weighted by atomic mass is 9.90. The van der Waals surface area contributed by atoms with E-state index in [0.717, 1.165) is 66.6 Å². The Bertz CT molecular complexity index is 1210. The second kappa shape index (κ2) is 11.5. The lowest BCUT2D eigenvalue weighted by molar-refractivity contribution is -0.125. The summed E-state index contributed by atoms with van der Waals surface area (Å²) in [6, 6.07) is 9.39. The maximum absolute atomic E-state index is 12.0. The Morgan fingerprint density at radius 2 is 2.06 bits per heavy atom. The third-order valence-corrected chi connectivity index (χ3v) is 8.45. The van der Waals surface area contributed by atoms with E-state index in [0.29, 0.717) is 19.2 Å². The molecule has 36 heavy (non-hydrogen) atoms. The first kappa shape index (κ1) is 26.3. The van der Waals surface area contributed by atoms with Crippen LogP contribution in [0.15, 0.2) is 49.4 Å². The van der Waals surface area contributed by atoms with Crippen molar-refractivity contribution in [2.24, 2.45) is 0 Å². The predicted molar refractivity (Wildman–Crippen MR) is 147 cm³/mol. The van der Waals surface area contributed by atoms with Gasteiger partial charge in [-0.05, 0) is 48.1 Å². The number of aromatic nitrogens is 3. The van der Waals surface area contributed by atoms with Gasteiger partial charge in [-0.15, -0.1) is 0 Å². The van der Waals surface area contributed by atoms with Gasteiger partial charge in [0.2, 0.25) is 5.91 Å². The van der Waals surface area contributed by atoms with Crippen molar-refractivity contribution in [1.29, 1.82) is 0 Å². The van der Waals surface area contributed by atoms with E-state index >= 15 is 0 Å². The molecule has 3 heterocycles. The van der Waals surface area contributed by atoms with E-state index in [-0.39, 0.29) is 5.91 Å². The zero-order chi connectivity index (χ0) is 25.7. The zero-order valence-corrected chi connectivity index (χ0v) is 23.0. The van der Waals surface area contributed by atoms with E-state index in [2.05, 4.69) is 49.1 Å². The van der Waals surface area contributed by atoms with Crippen LogP contribution in [0.2, 0.25) is 25.7 Å². The van der Waals surface area contributed by atoms with Crippen LogP contribution in [0.5, 0.6) is 0 Å². The van der Waals surface area contributed by atoms with Crippen molar-refractivity contribution < 1.29 is 14.3 Å². The van der Waals surface area contributed by atoms with E-state index in [4.69, 9.17) is 19.4 Å². The Morgan fingerprint density at radius 3 is 2.78 bits per heavy atom. The molecule has 0 radical (unpaired) electrons. The van der Waals surface area contributed by atoms with E-state index in [9.17, 15) is 4.79 Å². The highest BCUT2D eigenvalue weighted by atomic mass is 28.3. The molecule has 0 N–H and O–H groups in total. The highest BCUT2D eigenvalue weighted by Gasteiger charge is 2.24. The Balaban J connectivity index is 1.71. The number of ether oxygens (including phenoxy) is 2. The Labute approximate surface area is 215 Å². The summed E-state index contributed by atoms with van der Waals surface area (Å²) in [6.07, 6.45) is 7.17. The number of benzene rings is 1. The first-order valence-corrected chi connectivity index (χ1v) is 16.4. The maximum Gasteiger partial charge on any atom is 0.245 e. The molecule has 8 heteroatoms. The molecule has 0 saturated carbocycles. The molecule has 7 nitrogen and oxygen atoms in total. The molecule has 1 amide bonds. The first-order valence-electron chi connectivity index (χ1n) is 12.7. The van der Waals surface area contributed by atoms with Gasteiger partial charge < -0.3 is 18.9 Å². The van der Waals surface area contributed by atoms with Crippen LogP contribution in [0.1, 0.15) is 29.9 Å². The quantitative estimate of drug-likeness (QED) is 0.208. The molecule has 0 spiro atoms. The fraction of sp³-hybridized carbons (Fsp3) is 0.464. The van der Waals surface area contributed by atoms with Crippen LogP contribution in [0, 0.1) is 0 Å². The van der Waals surface area contributed by atoms with Crippen LogP contribution in [-0.4, -0.2) is 60.3 Å². The molecule has 1 aliphatic heterocycles. The second-order valence-corrected chi connectivity index (χ2v) is 16.4. The number of nitrogens with zero attached hydrogens (tertiary/aromatic N) is 4. The molecule has 0 bridgehead atoms. The number of hydrogen-bond donors (Lipinski definition) is 0. The average molecular weight is 507 g/mol. The van der Waals surface area contributed by atoms with Crippen LogP contribution in [0.25, 0.3) is 22.3 Å². The predicted octanol–water partition coefficient (Wildman–Crippen LogP) is 5.45. The number of carbonyl (C=O) groups is 1. The van der Waals surface area contributed by atoms with Crippen LogP contribution in [-0.2, 0) is 27.5 Å². The fourth-order valence-electron chi connectivity index (χ4n) is 4.65. The Hall–Kier alpha value is -2.81. The summed E-state index contributed by atoms with van der Waals surface area (Å²) < 4.78 is 13.9. The first-order chi connectivity index (χ1) is 17.3. The third-order valence-electron chi connectivity index (χ3n) is 6.74. The molecule has 192 valence electrons. The Kier molecular flexibility index (Phi) is 8.38. The molecule has 3 aromatic rings. The van der Waals surface area contributed by atoms with Gasteiger partial charge in [-0.1, -0.05) is 44.4 Å². The smallest absolute Gasteiger partial charge is 0.245 e. The topological polar surface area (TPSA) is 69.5 Å². The van der Waals surface area contributed by atoms with Gasteiger partial charge in [0.15, 0.2) is 0 Å². The SMILES string of the molecule is C=CC(=O)N(C)Cc1cccc(-c2ncnc3c2c(C2CCOCC2)cn3COCC[Si](C)(C)C)c1. The van der Waals surface area contributed by atoms with Gasteiger partial charge in [-0.3, -0.25) is 4.79 Å². The number of hydrogen-bond acceptors (Lipinski definition) is 5. The summed E-state index contributed by atoms with van der Waals surface area (Å²) in [5, 5.41) is 1.09. The Morgan fingerprint density at radius 1 is 1.28 bits per heavy atom. The van der Waals surface area contributed by atoms with E-state index < -0.39 is 8.07 Å². The van der Waals surface area contributed by atoms with E-state index in [1.54, 1.807) is 18.3 Å². The van der Waals surface area contributed by atoms with Crippen LogP contribution in [0.3, 0.4) is 0 Å². The van der Waals surface area contributed by atoms with Crippen molar-refractivity contribution in [3.8, 4) is 11.3 Å². The molecule has 1 aromatic carbocycles. The number of fused-ring (bicyclic) bond motifs is 1. The largest absolute Gasteiger partial charge is 0.381 e. The van der Waals surface area contributed by atoms with Crippen LogP contribution >= 0.6 is 0 Å². The third kappa shape index (κ3) is 6.30. The molecule has 1 aliphatic rings. The second-order valence-electron chi connectivity index (χ2n) is 10.8. The number of rotatable bonds is 10. The van der Waals surface area contributed by atoms with Crippen LogP contribution in [0.4, 0.5) is 0 Å². The van der Waals surface area contributed by atoms with Gasteiger partial charge in [0.1, 0.15) is 18.7 Å². The summed E-state index contributed by atoms with van der Waals surface area (Å²) in [5.41, 5.74) is 5.14.